The number of hydrogen-bond donors (Lipinski definition) is 3. The molecule has 168 valence electrons. The number of hydrogen-bond acceptors (Lipinski definition) is 3. The third-order valence-corrected chi connectivity index (χ3v) is 6.78. The largest absolute Gasteiger partial charge is 0.480 e. The van der Waals surface area contributed by atoms with Crippen molar-refractivity contribution in [1.29, 1.82) is 0 Å². The predicted molar refractivity (Wildman–Crippen MR) is 124 cm³/mol. The fraction of sp³-hybridized carbons (Fsp3) is 0.435. The Morgan fingerprint density at radius 2 is 1.87 bits per heavy atom. The van der Waals surface area contributed by atoms with E-state index in [1.165, 1.54) is 6.07 Å². The zero-order valence-electron chi connectivity index (χ0n) is 17.8. The molecule has 0 spiro atoms. The van der Waals surface area contributed by atoms with Crippen LogP contribution in [0.3, 0.4) is 0 Å². The van der Waals surface area contributed by atoms with E-state index in [2.05, 4.69) is 31.4 Å². The molecule has 0 radical (unpaired) electrons. The fourth-order valence-electron chi connectivity index (χ4n) is 4.80. The molecule has 3 N–H and O–H groups in total. The van der Waals surface area contributed by atoms with Crippen LogP contribution in [0.2, 0.25) is 15.1 Å². The third kappa shape index (κ3) is 4.44. The Morgan fingerprint density at radius 1 is 1.19 bits per heavy atom. The van der Waals surface area contributed by atoms with E-state index in [0.29, 0.717) is 22.0 Å². The molecule has 1 aliphatic heterocycles. The summed E-state index contributed by atoms with van der Waals surface area (Å²) in [5.41, 5.74) is -0.326. The lowest BCUT2D eigenvalue weighted by Gasteiger charge is -2.43. The van der Waals surface area contributed by atoms with Crippen LogP contribution in [0.5, 0.6) is 0 Å². The van der Waals surface area contributed by atoms with Crippen LogP contribution in [0.25, 0.3) is 0 Å². The van der Waals surface area contributed by atoms with Gasteiger partial charge in [0.25, 0.3) is 0 Å². The maximum absolute atomic E-state index is 15.3. The van der Waals surface area contributed by atoms with E-state index in [0.717, 1.165) is 0 Å². The van der Waals surface area contributed by atoms with Gasteiger partial charge in [-0.1, -0.05) is 73.8 Å². The van der Waals surface area contributed by atoms with Gasteiger partial charge >= 0.3 is 5.97 Å². The van der Waals surface area contributed by atoms with Crippen molar-refractivity contribution in [3.8, 4) is 0 Å². The first-order valence-corrected chi connectivity index (χ1v) is 11.1. The van der Waals surface area contributed by atoms with Crippen molar-refractivity contribution in [2.75, 3.05) is 7.05 Å². The molecule has 1 saturated heterocycles. The highest BCUT2D eigenvalue weighted by atomic mass is 35.5. The number of likely N-dealkylation sites (N-methyl/N-ethyl adjacent to an activating group) is 1. The monoisotopic (exact) mass is 486 g/mol. The second-order valence-corrected chi connectivity index (χ2v) is 10.4. The van der Waals surface area contributed by atoms with Gasteiger partial charge in [0.1, 0.15) is 11.9 Å². The Kier molecular flexibility index (Phi) is 6.95. The summed E-state index contributed by atoms with van der Waals surface area (Å²) >= 11 is 18.9. The molecule has 0 bridgehead atoms. The molecule has 1 heterocycles. The number of halogens is 4. The van der Waals surface area contributed by atoms with Gasteiger partial charge in [-0.2, -0.15) is 0 Å². The van der Waals surface area contributed by atoms with Gasteiger partial charge in [0.05, 0.1) is 10.6 Å². The van der Waals surface area contributed by atoms with Crippen molar-refractivity contribution >= 4 is 40.8 Å². The molecule has 4 atom stereocenters. The maximum Gasteiger partial charge on any atom is 0.321 e. The second-order valence-electron chi connectivity index (χ2n) is 9.16. The maximum atomic E-state index is 15.3. The van der Waals surface area contributed by atoms with E-state index in [4.69, 9.17) is 34.8 Å². The molecule has 0 aromatic heterocycles. The molecule has 4 unspecified atom stereocenters. The number of rotatable bonds is 5. The van der Waals surface area contributed by atoms with Crippen LogP contribution in [-0.4, -0.2) is 30.2 Å². The Bertz CT molecular complexity index is 995. The standard InChI is InChI=1S/C23H26Cl3FN2O2/c1-22(2,3)11-17-23(28-4,14-9-8-12(24)10-16(14)26)18(20(29-17)21(30)31)13-6-5-7-15(25)19(13)27/h5-10,17-18,20,28-29H,11H2,1-4H3,(H,30,31). The minimum atomic E-state index is -1.08. The number of carbonyl (C=O) groups is 1. The first kappa shape index (κ1) is 24.3. The molecule has 0 aliphatic carbocycles. The van der Waals surface area contributed by atoms with Crippen LogP contribution in [0, 0.1) is 11.2 Å². The van der Waals surface area contributed by atoms with E-state index in [9.17, 15) is 9.90 Å². The SMILES string of the molecule is CNC1(c2ccc(Cl)cc2Cl)C(CC(C)(C)C)NC(C(=O)O)C1c1cccc(Cl)c1F. The average Bonchev–Trinajstić information content (AvgIpc) is 2.97. The molecule has 1 fully saturated rings. The summed E-state index contributed by atoms with van der Waals surface area (Å²) in [6, 6.07) is 8.31. The van der Waals surface area contributed by atoms with Gasteiger partial charge in [-0.05, 0) is 48.2 Å². The van der Waals surface area contributed by atoms with Gasteiger partial charge in [0.2, 0.25) is 0 Å². The van der Waals surface area contributed by atoms with Crippen LogP contribution >= 0.6 is 34.8 Å². The quantitative estimate of drug-likeness (QED) is 0.495. The van der Waals surface area contributed by atoms with E-state index in [-0.39, 0.29) is 22.0 Å². The van der Waals surface area contributed by atoms with Crippen molar-refractivity contribution in [1.82, 2.24) is 10.6 Å². The normalized spacial score (nSPS) is 26.3. The predicted octanol–water partition coefficient (Wildman–Crippen LogP) is 5.85. The molecule has 4 nitrogen and oxygen atoms in total. The minimum Gasteiger partial charge on any atom is -0.480 e. The van der Waals surface area contributed by atoms with Crippen LogP contribution in [0.1, 0.15) is 44.2 Å². The summed E-state index contributed by atoms with van der Waals surface area (Å²) in [6.07, 6.45) is 0.606. The lowest BCUT2D eigenvalue weighted by atomic mass is 9.68. The van der Waals surface area contributed by atoms with Crippen molar-refractivity contribution in [2.24, 2.45) is 5.41 Å². The molecule has 8 heteroatoms. The summed E-state index contributed by atoms with van der Waals surface area (Å²) < 4.78 is 15.3. The zero-order valence-corrected chi connectivity index (χ0v) is 20.0. The first-order valence-electron chi connectivity index (χ1n) is 9.99. The third-order valence-electron chi connectivity index (χ3n) is 5.94. The molecule has 3 rings (SSSR count). The molecule has 0 amide bonds. The van der Waals surface area contributed by atoms with Gasteiger partial charge in [-0.15, -0.1) is 0 Å². The van der Waals surface area contributed by atoms with Gasteiger partial charge < -0.3 is 10.4 Å². The molecule has 1 aliphatic rings. The minimum absolute atomic E-state index is 0.0619. The van der Waals surface area contributed by atoms with Crippen LogP contribution < -0.4 is 10.6 Å². The van der Waals surface area contributed by atoms with Crippen molar-refractivity contribution in [2.45, 2.75) is 50.7 Å². The Hall–Kier alpha value is -1.37. The fourth-order valence-corrected chi connectivity index (χ4v) is 5.55. The Balaban J connectivity index is 2.36. The highest BCUT2D eigenvalue weighted by Crippen LogP contribution is 2.52. The first-order chi connectivity index (χ1) is 14.4. The summed E-state index contributed by atoms with van der Waals surface area (Å²) in [5.74, 6) is -2.55. The van der Waals surface area contributed by atoms with Crippen molar-refractivity contribution in [3.63, 3.8) is 0 Å². The van der Waals surface area contributed by atoms with Gasteiger partial charge in [-0.25, -0.2) is 4.39 Å². The molecule has 2 aromatic rings. The van der Waals surface area contributed by atoms with E-state index in [1.807, 2.05) is 0 Å². The second kappa shape index (κ2) is 8.87. The average molecular weight is 488 g/mol. The smallest absolute Gasteiger partial charge is 0.321 e. The lowest BCUT2D eigenvalue weighted by Crippen LogP contribution is -2.54. The van der Waals surface area contributed by atoms with E-state index >= 15 is 4.39 Å². The lowest BCUT2D eigenvalue weighted by molar-refractivity contribution is -0.139. The number of carboxylic acid groups (broad SMARTS) is 1. The Labute approximate surface area is 197 Å². The molecule has 2 aromatic carbocycles. The summed E-state index contributed by atoms with van der Waals surface area (Å²) in [6.45, 7) is 6.21. The van der Waals surface area contributed by atoms with Crippen LogP contribution in [0.15, 0.2) is 36.4 Å². The van der Waals surface area contributed by atoms with Crippen LogP contribution in [-0.2, 0) is 10.3 Å². The molecular weight excluding hydrogens is 462 g/mol. The van der Waals surface area contributed by atoms with E-state index < -0.39 is 29.3 Å². The van der Waals surface area contributed by atoms with Crippen LogP contribution in [0.4, 0.5) is 4.39 Å². The molecule has 0 saturated carbocycles. The van der Waals surface area contributed by atoms with Gasteiger partial charge in [0, 0.05) is 22.0 Å². The van der Waals surface area contributed by atoms with E-state index in [1.54, 1.807) is 37.4 Å². The summed E-state index contributed by atoms with van der Waals surface area (Å²) in [5, 5.41) is 17.5. The highest BCUT2D eigenvalue weighted by Gasteiger charge is 2.59. The summed E-state index contributed by atoms with van der Waals surface area (Å²) in [7, 11) is 1.74. The summed E-state index contributed by atoms with van der Waals surface area (Å²) in [4.78, 5) is 12.4. The molecular formula is C23H26Cl3FN2O2. The van der Waals surface area contributed by atoms with Crippen molar-refractivity contribution in [3.05, 3.63) is 68.4 Å². The van der Waals surface area contributed by atoms with Gasteiger partial charge in [-0.3, -0.25) is 10.1 Å². The molecule has 31 heavy (non-hydrogen) atoms. The van der Waals surface area contributed by atoms with Crippen molar-refractivity contribution < 1.29 is 14.3 Å². The number of aliphatic carboxylic acids is 1. The number of benzene rings is 2. The highest BCUT2D eigenvalue weighted by molar-refractivity contribution is 6.35. The van der Waals surface area contributed by atoms with Gasteiger partial charge in [0.15, 0.2) is 0 Å². The number of carboxylic acids is 1. The topological polar surface area (TPSA) is 61.4 Å². The Morgan fingerprint density at radius 3 is 2.42 bits per heavy atom. The zero-order chi connectivity index (χ0) is 23.1. The number of nitrogens with one attached hydrogen (secondary N) is 2.